The van der Waals surface area contributed by atoms with Crippen molar-refractivity contribution >= 4 is 5.97 Å². The van der Waals surface area contributed by atoms with Gasteiger partial charge in [0.25, 0.3) is 0 Å². The van der Waals surface area contributed by atoms with Crippen LogP contribution in [0.25, 0.3) is 0 Å². The maximum absolute atomic E-state index is 10.9. The van der Waals surface area contributed by atoms with Crippen LogP contribution < -0.4 is 0 Å². The van der Waals surface area contributed by atoms with Crippen molar-refractivity contribution in [3.8, 4) is 0 Å². The molecular weight excluding hydrogens is 164 g/mol. The molecule has 0 aromatic carbocycles. The highest BCUT2D eigenvalue weighted by molar-refractivity contribution is 5.66. The van der Waals surface area contributed by atoms with E-state index in [1.54, 1.807) is 0 Å². The predicted molar refractivity (Wildman–Crippen MR) is 52.3 cm³/mol. The standard InChI is InChI=1S/C11H18O2/c1-9(12)13-11(2,3)10-7-5-4-6-8-10/h4-5,10H,6-8H2,1-3H3. The maximum atomic E-state index is 10.9. The summed E-state index contributed by atoms with van der Waals surface area (Å²) in [5.41, 5.74) is -0.309. The molecule has 0 aromatic heterocycles. The molecule has 0 fully saturated rings. The highest BCUT2D eigenvalue weighted by Gasteiger charge is 2.31. The molecule has 0 radical (unpaired) electrons. The number of allylic oxidation sites excluding steroid dienone is 2. The Morgan fingerprint density at radius 1 is 1.46 bits per heavy atom. The van der Waals surface area contributed by atoms with Crippen LogP contribution in [-0.2, 0) is 9.53 Å². The Balaban J connectivity index is 2.57. The summed E-state index contributed by atoms with van der Waals surface area (Å²) in [7, 11) is 0. The van der Waals surface area contributed by atoms with Crippen LogP contribution in [0.3, 0.4) is 0 Å². The Labute approximate surface area is 80.0 Å². The van der Waals surface area contributed by atoms with E-state index in [0.717, 1.165) is 19.3 Å². The molecule has 0 aromatic rings. The molecule has 0 spiro atoms. The summed E-state index contributed by atoms with van der Waals surface area (Å²) >= 11 is 0. The molecule has 1 unspecified atom stereocenters. The molecule has 0 N–H and O–H groups in total. The van der Waals surface area contributed by atoms with Crippen molar-refractivity contribution in [1.29, 1.82) is 0 Å². The van der Waals surface area contributed by atoms with Gasteiger partial charge in [0, 0.05) is 12.8 Å². The monoisotopic (exact) mass is 182 g/mol. The number of hydrogen-bond donors (Lipinski definition) is 0. The first-order chi connectivity index (χ1) is 6.02. The van der Waals surface area contributed by atoms with Gasteiger partial charge in [0.2, 0.25) is 0 Å². The summed E-state index contributed by atoms with van der Waals surface area (Å²) in [5, 5.41) is 0. The van der Waals surface area contributed by atoms with Gasteiger partial charge in [-0.05, 0) is 33.1 Å². The Kier molecular flexibility index (Phi) is 3.12. The molecule has 0 bridgehead atoms. The zero-order valence-corrected chi connectivity index (χ0v) is 8.67. The second kappa shape index (κ2) is 3.95. The fourth-order valence-electron chi connectivity index (χ4n) is 1.88. The fourth-order valence-corrected chi connectivity index (χ4v) is 1.88. The molecule has 1 aliphatic rings. The van der Waals surface area contributed by atoms with Gasteiger partial charge in [-0.1, -0.05) is 12.2 Å². The Morgan fingerprint density at radius 2 is 2.15 bits per heavy atom. The van der Waals surface area contributed by atoms with Gasteiger partial charge in [-0.15, -0.1) is 0 Å². The minimum absolute atomic E-state index is 0.181. The lowest BCUT2D eigenvalue weighted by atomic mass is 9.81. The summed E-state index contributed by atoms with van der Waals surface area (Å²) in [5.74, 6) is 0.293. The summed E-state index contributed by atoms with van der Waals surface area (Å²) in [6.07, 6.45) is 7.63. The third-order valence-electron chi connectivity index (χ3n) is 2.66. The van der Waals surface area contributed by atoms with Gasteiger partial charge in [0.1, 0.15) is 5.60 Å². The first-order valence-electron chi connectivity index (χ1n) is 4.87. The molecule has 0 saturated heterocycles. The van der Waals surface area contributed by atoms with Gasteiger partial charge in [-0.3, -0.25) is 4.79 Å². The topological polar surface area (TPSA) is 26.3 Å². The molecule has 13 heavy (non-hydrogen) atoms. The summed E-state index contributed by atoms with van der Waals surface area (Å²) in [6, 6.07) is 0. The third kappa shape index (κ3) is 2.87. The SMILES string of the molecule is CC(=O)OC(C)(C)C1CC=CCC1. The van der Waals surface area contributed by atoms with E-state index in [2.05, 4.69) is 12.2 Å². The molecule has 74 valence electrons. The molecule has 2 nitrogen and oxygen atoms in total. The molecule has 0 amide bonds. The Bertz CT molecular complexity index is 216. The number of rotatable bonds is 2. The van der Waals surface area contributed by atoms with Crippen molar-refractivity contribution in [3.05, 3.63) is 12.2 Å². The van der Waals surface area contributed by atoms with Crippen molar-refractivity contribution in [1.82, 2.24) is 0 Å². The molecular formula is C11H18O2. The number of carbonyl (C=O) groups is 1. The van der Waals surface area contributed by atoms with E-state index in [-0.39, 0.29) is 11.6 Å². The first-order valence-corrected chi connectivity index (χ1v) is 4.87. The molecule has 2 heteroatoms. The fraction of sp³-hybridized carbons (Fsp3) is 0.727. The van der Waals surface area contributed by atoms with Crippen LogP contribution in [0.1, 0.15) is 40.0 Å². The van der Waals surface area contributed by atoms with Gasteiger partial charge in [0.15, 0.2) is 0 Å². The highest BCUT2D eigenvalue weighted by atomic mass is 16.6. The second-order valence-electron chi connectivity index (χ2n) is 4.18. The van der Waals surface area contributed by atoms with Gasteiger partial charge >= 0.3 is 5.97 Å². The lowest BCUT2D eigenvalue weighted by Gasteiger charge is -2.34. The smallest absolute Gasteiger partial charge is 0.303 e. The van der Waals surface area contributed by atoms with E-state index in [1.807, 2.05) is 13.8 Å². The van der Waals surface area contributed by atoms with Crippen LogP contribution in [-0.4, -0.2) is 11.6 Å². The quantitative estimate of drug-likeness (QED) is 0.485. The van der Waals surface area contributed by atoms with Crippen LogP contribution in [0.4, 0.5) is 0 Å². The summed E-state index contributed by atoms with van der Waals surface area (Å²) < 4.78 is 5.30. The van der Waals surface area contributed by atoms with Gasteiger partial charge < -0.3 is 4.74 Å². The van der Waals surface area contributed by atoms with E-state index < -0.39 is 0 Å². The van der Waals surface area contributed by atoms with Crippen LogP contribution in [0, 0.1) is 5.92 Å². The Hall–Kier alpha value is -0.790. The van der Waals surface area contributed by atoms with Crippen LogP contribution in [0.5, 0.6) is 0 Å². The average Bonchev–Trinajstić information content (AvgIpc) is 2.04. The van der Waals surface area contributed by atoms with Crippen molar-refractivity contribution in [2.75, 3.05) is 0 Å². The number of hydrogen-bond acceptors (Lipinski definition) is 2. The summed E-state index contributed by atoms with van der Waals surface area (Å²) in [4.78, 5) is 10.9. The van der Waals surface area contributed by atoms with Crippen molar-refractivity contribution in [3.63, 3.8) is 0 Å². The second-order valence-corrected chi connectivity index (χ2v) is 4.18. The normalized spacial score (nSPS) is 22.8. The van der Waals surface area contributed by atoms with Crippen LogP contribution in [0.2, 0.25) is 0 Å². The minimum Gasteiger partial charge on any atom is -0.460 e. The Morgan fingerprint density at radius 3 is 2.62 bits per heavy atom. The summed E-state index contributed by atoms with van der Waals surface area (Å²) in [6.45, 7) is 5.47. The first kappa shape index (κ1) is 10.3. The molecule has 0 heterocycles. The number of carbonyl (C=O) groups excluding carboxylic acids is 1. The van der Waals surface area contributed by atoms with E-state index >= 15 is 0 Å². The predicted octanol–water partition coefficient (Wildman–Crippen LogP) is 2.68. The largest absolute Gasteiger partial charge is 0.460 e. The molecule has 0 aliphatic heterocycles. The molecule has 1 rings (SSSR count). The third-order valence-corrected chi connectivity index (χ3v) is 2.66. The van der Waals surface area contributed by atoms with E-state index in [0.29, 0.717) is 5.92 Å². The highest BCUT2D eigenvalue weighted by Crippen LogP contribution is 2.31. The minimum atomic E-state index is -0.309. The zero-order valence-electron chi connectivity index (χ0n) is 8.67. The van der Waals surface area contributed by atoms with E-state index in [1.165, 1.54) is 6.92 Å². The van der Waals surface area contributed by atoms with Gasteiger partial charge in [-0.25, -0.2) is 0 Å². The lowest BCUT2D eigenvalue weighted by Crippen LogP contribution is -2.36. The van der Waals surface area contributed by atoms with Crippen LogP contribution >= 0.6 is 0 Å². The van der Waals surface area contributed by atoms with Crippen LogP contribution in [0.15, 0.2) is 12.2 Å². The molecule has 1 atom stereocenters. The van der Waals surface area contributed by atoms with Crippen molar-refractivity contribution in [2.45, 2.75) is 45.6 Å². The van der Waals surface area contributed by atoms with Crippen molar-refractivity contribution < 1.29 is 9.53 Å². The number of ether oxygens (including phenoxy) is 1. The van der Waals surface area contributed by atoms with Crippen molar-refractivity contribution in [2.24, 2.45) is 5.92 Å². The lowest BCUT2D eigenvalue weighted by molar-refractivity contribution is -0.159. The van der Waals surface area contributed by atoms with E-state index in [4.69, 9.17) is 4.74 Å². The number of esters is 1. The van der Waals surface area contributed by atoms with Gasteiger partial charge in [0.05, 0.1) is 0 Å². The molecule has 1 aliphatic carbocycles. The van der Waals surface area contributed by atoms with Gasteiger partial charge in [-0.2, -0.15) is 0 Å². The average molecular weight is 182 g/mol. The zero-order chi connectivity index (χ0) is 9.90. The van der Waals surface area contributed by atoms with E-state index in [9.17, 15) is 4.79 Å². The molecule has 0 saturated carbocycles. The maximum Gasteiger partial charge on any atom is 0.303 e.